The van der Waals surface area contributed by atoms with Crippen LogP contribution in [0, 0.1) is 41.5 Å². The lowest BCUT2D eigenvalue weighted by Gasteiger charge is -2.23. The molecule has 0 aromatic heterocycles. The molecule has 8 heteroatoms. The molecule has 0 spiro atoms. The van der Waals surface area contributed by atoms with Crippen molar-refractivity contribution >= 4 is 34.8 Å². The van der Waals surface area contributed by atoms with E-state index in [1.807, 2.05) is 6.07 Å². The highest BCUT2D eigenvalue weighted by atomic mass is 35.5. The molecule has 0 radical (unpaired) electrons. The van der Waals surface area contributed by atoms with Crippen molar-refractivity contribution in [3.8, 4) is 50.6 Å². The number of nitriles is 1. The van der Waals surface area contributed by atoms with Crippen LogP contribution in [0.4, 0.5) is 17.6 Å². The first-order chi connectivity index (χ1) is 19.1. The van der Waals surface area contributed by atoms with E-state index in [9.17, 15) is 22.8 Å². The summed E-state index contributed by atoms with van der Waals surface area (Å²) in [5.41, 5.74) is 4.91. The van der Waals surface area contributed by atoms with E-state index in [0.717, 1.165) is 12.1 Å². The molecule has 1 nitrogen and oxygen atoms in total. The third-order valence-electron chi connectivity index (χ3n) is 6.62. The molecule has 0 atom stereocenters. The molecule has 0 N–H and O–H groups in total. The summed E-state index contributed by atoms with van der Waals surface area (Å²) >= 11 is 18.7. The summed E-state index contributed by atoms with van der Waals surface area (Å²) in [6.45, 7) is 1.80. The lowest BCUT2D eigenvalue weighted by Crippen LogP contribution is -2.00. The van der Waals surface area contributed by atoms with E-state index in [2.05, 4.69) is 6.07 Å². The second kappa shape index (κ2) is 11.0. The molecule has 0 aliphatic heterocycles. The van der Waals surface area contributed by atoms with E-state index in [4.69, 9.17) is 34.8 Å². The summed E-state index contributed by atoms with van der Waals surface area (Å²) in [4.78, 5) is 0. The van der Waals surface area contributed by atoms with Crippen LogP contribution in [0.25, 0.3) is 44.5 Å². The van der Waals surface area contributed by atoms with E-state index in [-0.39, 0.29) is 10.6 Å². The van der Waals surface area contributed by atoms with Crippen molar-refractivity contribution in [3.05, 3.63) is 128 Å². The molecular weight excluding hydrogens is 581 g/mol. The standard InChI is InChI=1S/C32H16Cl3F4N/c1-16-22(19-6-8-24(33)25(34)10-19)14-23(18-4-2-17(15-40)3-5-18)31(21-12-28(37)32(39)29(38)13-21)30(16)20-7-9-27(36)26(35)11-20/h2-14H,1H3. The smallest absolute Gasteiger partial charge is 0.194 e. The van der Waals surface area contributed by atoms with Crippen molar-refractivity contribution in [1.29, 1.82) is 5.26 Å². The maximum atomic E-state index is 14.6. The molecule has 5 aromatic carbocycles. The maximum absolute atomic E-state index is 14.6. The predicted octanol–water partition coefficient (Wildman–Crippen LogP) is 11.1. The average Bonchev–Trinajstić information content (AvgIpc) is 2.94. The van der Waals surface area contributed by atoms with Crippen molar-refractivity contribution in [3.63, 3.8) is 0 Å². The monoisotopic (exact) mass is 595 g/mol. The van der Waals surface area contributed by atoms with Crippen LogP contribution in [0.2, 0.25) is 15.1 Å². The normalized spacial score (nSPS) is 11.0. The highest BCUT2D eigenvalue weighted by molar-refractivity contribution is 6.42. The molecule has 5 rings (SSSR count). The van der Waals surface area contributed by atoms with Gasteiger partial charge in [-0.1, -0.05) is 59.1 Å². The average molecular weight is 597 g/mol. The zero-order valence-corrected chi connectivity index (χ0v) is 22.9. The molecule has 198 valence electrons. The molecule has 0 aliphatic carbocycles. The van der Waals surface area contributed by atoms with Crippen LogP contribution in [0.3, 0.4) is 0 Å². The van der Waals surface area contributed by atoms with E-state index in [0.29, 0.717) is 60.1 Å². The Kier molecular flexibility index (Phi) is 7.61. The van der Waals surface area contributed by atoms with E-state index in [1.54, 1.807) is 49.4 Å². The predicted molar refractivity (Wildman–Crippen MR) is 152 cm³/mol. The Balaban J connectivity index is 1.97. The minimum Gasteiger partial charge on any atom is -0.205 e. The van der Waals surface area contributed by atoms with Gasteiger partial charge in [0, 0.05) is 0 Å². The highest BCUT2D eigenvalue weighted by Gasteiger charge is 2.23. The number of rotatable bonds is 4. The first-order valence-electron chi connectivity index (χ1n) is 11.8. The fraction of sp³-hybridized carbons (Fsp3) is 0.0312. The van der Waals surface area contributed by atoms with Crippen molar-refractivity contribution in [2.75, 3.05) is 0 Å². The number of benzene rings is 5. The Morgan fingerprint density at radius 3 is 1.75 bits per heavy atom. The van der Waals surface area contributed by atoms with Crippen molar-refractivity contribution < 1.29 is 17.6 Å². The summed E-state index contributed by atoms with van der Waals surface area (Å²) in [5, 5.41) is 9.82. The van der Waals surface area contributed by atoms with Gasteiger partial charge in [-0.15, -0.1) is 0 Å². The van der Waals surface area contributed by atoms with Gasteiger partial charge in [-0.2, -0.15) is 5.26 Å². The lowest BCUT2D eigenvalue weighted by molar-refractivity contribution is 0.448. The van der Waals surface area contributed by atoms with Crippen LogP contribution in [0.15, 0.2) is 78.9 Å². The Morgan fingerprint density at radius 2 is 1.15 bits per heavy atom. The van der Waals surface area contributed by atoms with Crippen LogP contribution < -0.4 is 0 Å². The maximum Gasteiger partial charge on any atom is 0.194 e. The second-order valence-electron chi connectivity index (χ2n) is 9.05. The van der Waals surface area contributed by atoms with Crippen LogP contribution in [-0.2, 0) is 0 Å². The fourth-order valence-electron chi connectivity index (χ4n) is 4.71. The van der Waals surface area contributed by atoms with Gasteiger partial charge in [-0.3, -0.25) is 0 Å². The van der Waals surface area contributed by atoms with Gasteiger partial charge in [-0.25, -0.2) is 17.6 Å². The molecule has 40 heavy (non-hydrogen) atoms. The Hall–Kier alpha value is -3.82. The number of halogens is 7. The second-order valence-corrected chi connectivity index (χ2v) is 10.3. The van der Waals surface area contributed by atoms with Crippen LogP contribution in [0.5, 0.6) is 0 Å². The quantitative estimate of drug-likeness (QED) is 0.150. The van der Waals surface area contributed by atoms with Crippen molar-refractivity contribution in [2.45, 2.75) is 6.92 Å². The van der Waals surface area contributed by atoms with Gasteiger partial charge >= 0.3 is 0 Å². The number of nitrogens with zero attached hydrogens (tertiary/aromatic N) is 1. The van der Waals surface area contributed by atoms with Gasteiger partial charge in [0.15, 0.2) is 17.5 Å². The van der Waals surface area contributed by atoms with Gasteiger partial charge < -0.3 is 0 Å². The van der Waals surface area contributed by atoms with Gasteiger partial charge in [0.25, 0.3) is 0 Å². The molecular formula is C32H16Cl3F4N. The minimum absolute atomic E-state index is 0.0509. The molecule has 0 saturated heterocycles. The van der Waals surface area contributed by atoms with Crippen LogP contribution >= 0.6 is 34.8 Å². The van der Waals surface area contributed by atoms with Gasteiger partial charge in [0.2, 0.25) is 0 Å². The first kappa shape index (κ1) is 27.7. The Bertz CT molecular complexity index is 1820. The molecule has 0 amide bonds. The van der Waals surface area contributed by atoms with Crippen LogP contribution in [-0.4, -0.2) is 0 Å². The zero-order valence-electron chi connectivity index (χ0n) is 20.6. The van der Waals surface area contributed by atoms with Gasteiger partial charge in [0.05, 0.1) is 26.7 Å². The molecule has 0 unspecified atom stereocenters. The molecule has 5 aromatic rings. The minimum atomic E-state index is -1.60. The van der Waals surface area contributed by atoms with E-state index < -0.39 is 23.3 Å². The van der Waals surface area contributed by atoms with Crippen LogP contribution in [0.1, 0.15) is 11.1 Å². The topological polar surface area (TPSA) is 23.8 Å². The number of hydrogen-bond donors (Lipinski definition) is 0. The first-order valence-corrected chi connectivity index (χ1v) is 13.0. The van der Waals surface area contributed by atoms with E-state index >= 15 is 0 Å². The summed E-state index contributed by atoms with van der Waals surface area (Å²) in [6, 6.07) is 21.5. The highest BCUT2D eigenvalue weighted by Crippen LogP contribution is 2.47. The Morgan fingerprint density at radius 1 is 0.550 bits per heavy atom. The summed E-state index contributed by atoms with van der Waals surface area (Å²) in [5.74, 6) is -4.97. The third-order valence-corrected chi connectivity index (χ3v) is 7.65. The summed E-state index contributed by atoms with van der Waals surface area (Å²) in [6.07, 6.45) is 0. The van der Waals surface area contributed by atoms with E-state index in [1.165, 1.54) is 18.2 Å². The SMILES string of the molecule is Cc1c(-c2ccc(Cl)c(Cl)c2)cc(-c2ccc(C#N)cc2)c(-c2cc(F)c(F)c(F)c2)c1-c1ccc(F)c(Cl)c1. The van der Waals surface area contributed by atoms with Gasteiger partial charge in [0.1, 0.15) is 5.82 Å². The molecule has 0 heterocycles. The Labute approximate surface area is 242 Å². The van der Waals surface area contributed by atoms with Gasteiger partial charge in [-0.05, 0) is 112 Å². The molecule has 0 saturated carbocycles. The zero-order chi connectivity index (χ0) is 28.7. The third kappa shape index (κ3) is 5.07. The largest absolute Gasteiger partial charge is 0.205 e. The van der Waals surface area contributed by atoms with Crippen molar-refractivity contribution in [1.82, 2.24) is 0 Å². The number of hydrogen-bond acceptors (Lipinski definition) is 1. The molecule has 0 aliphatic rings. The van der Waals surface area contributed by atoms with Crippen molar-refractivity contribution in [2.24, 2.45) is 0 Å². The molecule has 0 fully saturated rings. The molecule has 0 bridgehead atoms. The fourth-order valence-corrected chi connectivity index (χ4v) is 5.19. The summed E-state index contributed by atoms with van der Waals surface area (Å²) < 4.78 is 57.4. The summed E-state index contributed by atoms with van der Waals surface area (Å²) in [7, 11) is 0. The lowest BCUT2D eigenvalue weighted by atomic mass is 9.81.